The molecule has 0 amide bonds. The van der Waals surface area contributed by atoms with Crippen molar-refractivity contribution in [3.8, 4) is 5.75 Å². The predicted molar refractivity (Wildman–Crippen MR) is 70.9 cm³/mol. The van der Waals surface area contributed by atoms with Gasteiger partial charge in [-0.2, -0.15) is 0 Å². The molecule has 0 saturated heterocycles. The minimum Gasteiger partial charge on any atom is -0.508 e. The minimum absolute atomic E-state index is 0. The van der Waals surface area contributed by atoms with Gasteiger partial charge in [0, 0.05) is 29.6 Å². The number of rotatable bonds is 6. The van der Waals surface area contributed by atoms with Crippen LogP contribution in [0.3, 0.4) is 0 Å². The molecule has 1 atom stereocenters. The summed E-state index contributed by atoms with van der Waals surface area (Å²) in [4.78, 5) is 0. The zero-order valence-corrected chi connectivity index (χ0v) is 12.9. The number of phenols is 1. The van der Waals surface area contributed by atoms with Gasteiger partial charge in [0.25, 0.3) is 0 Å². The molecule has 1 aromatic carbocycles. The molecule has 1 nitrogen and oxygen atoms in total. The van der Waals surface area contributed by atoms with Crippen molar-refractivity contribution < 1.29 is 5.11 Å². The maximum Gasteiger partial charge on any atom is 0.118 e. The monoisotopic (exact) mass is 229 g/mol. The maximum absolute atomic E-state index is 9.68. The minimum atomic E-state index is 0. The van der Waals surface area contributed by atoms with Gasteiger partial charge in [-0.25, -0.2) is 0 Å². The van der Waals surface area contributed by atoms with Crippen LogP contribution in [-0.4, -0.2) is 34.7 Å². The molecule has 0 aliphatic rings. The summed E-state index contributed by atoms with van der Waals surface area (Å²) in [6.45, 7) is 4.47. The van der Waals surface area contributed by atoms with E-state index < -0.39 is 0 Å². The van der Waals surface area contributed by atoms with E-state index in [4.69, 9.17) is 0 Å². The van der Waals surface area contributed by atoms with Crippen LogP contribution in [0.15, 0.2) is 24.3 Å². The molecular weight excluding hydrogens is 207 g/mol. The second-order valence-corrected chi connectivity index (χ2v) is 4.25. The summed E-state index contributed by atoms with van der Waals surface area (Å²) < 4.78 is 0. The fourth-order valence-corrected chi connectivity index (χ4v) is 1.94. The molecule has 85 valence electrons. The van der Waals surface area contributed by atoms with Gasteiger partial charge in [-0.3, -0.25) is 0 Å². The van der Waals surface area contributed by atoms with E-state index in [0.717, 1.165) is 17.9 Å². The van der Waals surface area contributed by atoms with Crippen LogP contribution < -0.4 is 0 Å². The summed E-state index contributed by atoms with van der Waals surface area (Å²) >= 11 is 0. The Hall–Kier alpha value is 0.0200. The van der Waals surface area contributed by atoms with E-state index in [2.05, 4.69) is 13.8 Å². The standard InChI is InChI=1S/C14H22O.Na/c1-3-5-8-12(4-2)11-13-9-6-7-10-14(13)15;/h6-7,9-10,12,15H,3-5,8,11H2,1-2H3;. The molecule has 0 spiro atoms. The fraction of sp³-hybridized carbons (Fsp3) is 0.571. The van der Waals surface area contributed by atoms with Gasteiger partial charge >= 0.3 is 0 Å². The Morgan fingerprint density at radius 1 is 1.19 bits per heavy atom. The molecule has 1 radical (unpaired) electrons. The maximum atomic E-state index is 9.68. The van der Waals surface area contributed by atoms with Crippen LogP contribution in [-0.2, 0) is 6.42 Å². The van der Waals surface area contributed by atoms with Crippen LogP contribution in [0.25, 0.3) is 0 Å². The summed E-state index contributed by atoms with van der Waals surface area (Å²) in [5.74, 6) is 1.17. The van der Waals surface area contributed by atoms with Crippen LogP contribution in [0.4, 0.5) is 0 Å². The Bertz CT molecular complexity index is 286. The van der Waals surface area contributed by atoms with Gasteiger partial charge in [0.2, 0.25) is 0 Å². The van der Waals surface area contributed by atoms with Crippen LogP contribution in [0.1, 0.15) is 45.1 Å². The zero-order chi connectivity index (χ0) is 11.1. The average Bonchev–Trinajstić information content (AvgIpc) is 2.26. The molecule has 1 aromatic rings. The Labute approximate surface area is 122 Å². The van der Waals surface area contributed by atoms with Crippen LogP contribution in [0, 0.1) is 5.92 Å². The molecule has 0 aliphatic carbocycles. The van der Waals surface area contributed by atoms with E-state index in [0.29, 0.717) is 5.75 Å². The second kappa shape index (κ2) is 9.09. The quantitative estimate of drug-likeness (QED) is 0.736. The molecule has 0 bridgehead atoms. The van der Waals surface area contributed by atoms with Crippen LogP contribution in [0.2, 0.25) is 0 Å². The predicted octanol–water partition coefficient (Wildman–Crippen LogP) is 3.77. The number of para-hydroxylation sites is 1. The Morgan fingerprint density at radius 2 is 1.88 bits per heavy atom. The van der Waals surface area contributed by atoms with Gasteiger partial charge in [0.15, 0.2) is 0 Å². The van der Waals surface area contributed by atoms with E-state index in [1.807, 2.05) is 18.2 Å². The van der Waals surface area contributed by atoms with Gasteiger partial charge in [0.1, 0.15) is 5.75 Å². The third-order valence-electron chi connectivity index (χ3n) is 3.04. The second-order valence-electron chi connectivity index (χ2n) is 4.25. The van der Waals surface area contributed by atoms with Crippen molar-refractivity contribution in [1.29, 1.82) is 0 Å². The third kappa shape index (κ3) is 5.38. The molecule has 1 rings (SSSR count). The van der Waals surface area contributed by atoms with Gasteiger partial charge in [0.05, 0.1) is 0 Å². The largest absolute Gasteiger partial charge is 0.508 e. The number of unbranched alkanes of at least 4 members (excludes halogenated alkanes) is 1. The van der Waals surface area contributed by atoms with Crippen molar-refractivity contribution in [2.24, 2.45) is 5.92 Å². The Kier molecular flexibility index (Phi) is 9.10. The SMILES string of the molecule is CCCCC(CC)Cc1ccccc1O.[Na]. The molecule has 16 heavy (non-hydrogen) atoms. The zero-order valence-electron chi connectivity index (χ0n) is 10.9. The Balaban J connectivity index is 0.00000225. The van der Waals surface area contributed by atoms with E-state index in [-0.39, 0.29) is 29.6 Å². The first-order valence-corrected chi connectivity index (χ1v) is 6.04. The molecule has 0 aromatic heterocycles. The topological polar surface area (TPSA) is 20.2 Å². The number of hydrogen-bond acceptors (Lipinski definition) is 1. The van der Waals surface area contributed by atoms with Crippen molar-refractivity contribution in [1.82, 2.24) is 0 Å². The molecule has 2 heteroatoms. The first-order valence-electron chi connectivity index (χ1n) is 6.04. The average molecular weight is 229 g/mol. The molecule has 0 heterocycles. The molecule has 0 saturated carbocycles. The van der Waals surface area contributed by atoms with Gasteiger partial charge in [-0.05, 0) is 24.0 Å². The van der Waals surface area contributed by atoms with Gasteiger partial charge in [-0.1, -0.05) is 57.7 Å². The number of aromatic hydroxyl groups is 1. The summed E-state index contributed by atoms with van der Waals surface area (Å²) in [6, 6.07) is 7.69. The van der Waals surface area contributed by atoms with E-state index in [9.17, 15) is 5.11 Å². The Morgan fingerprint density at radius 3 is 2.44 bits per heavy atom. The molecule has 0 aliphatic heterocycles. The first-order chi connectivity index (χ1) is 7.27. The fourth-order valence-electron chi connectivity index (χ4n) is 1.94. The normalized spacial score (nSPS) is 11.9. The summed E-state index contributed by atoms with van der Waals surface area (Å²) in [6.07, 6.45) is 6.06. The van der Waals surface area contributed by atoms with Crippen molar-refractivity contribution in [3.05, 3.63) is 29.8 Å². The van der Waals surface area contributed by atoms with Crippen molar-refractivity contribution in [3.63, 3.8) is 0 Å². The van der Waals surface area contributed by atoms with Crippen LogP contribution in [0.5, 0.6) is 5.75 Å². The number of phenolic OH excluding ortho intramolecular Hbond substituents is 1. The molecular formula is C14H22NaO. The van der Waals surface area contributed by atoms with Crippen molar-refractivity contribution in [2.75, 3.05) is 0 Å². The number of hydrogen-bond donors (Lipinski definition) is 1. The summed E-state index contributed by atoms with van der Waals surface area (Å²) in [5.41, 5.74) is 1.10. The van der Waals surface area contributed by atoms with Crippen molar-refractivity contribution in [2.45, 2.75) is 46.0 Å². The van der Waals surface area contributed by atoms with E-state index in [1.165, 1.54) is 25.7 Å². The first kappa shape index (κ1) is 16.0. The van der Waals surface area contributed by atoms with Gasteiger partial charge < -0.3 is 5.11 Å². The summed E-state index contributed by atoms with van der Waals surface area (Å²) in [5, 5.41) is 9.68. The summed E-state index contributed by atoms with van der Waals surface area (Å²) in [7, 11) is 0. The smallest absolute Gasteiger partial charge is 0.118 e. The van der Waals surface area contributed by atoms with E-state index >= 15 is 0 Å². The molecule has 1 unspecified atom stereocenters. The molecule has 1 N–H and O–H groups in total. The third-order valence-corrected chi connectivity index (χ3v) is 3.04. The van der Waals surface area contributed by atoms with Crippen molar-refractivity contribution >= 4 is 29.6 Å². The van der Waals surface area contributed by atoms with Gasteiger partial charge in [-0.15, -0.1) is 0 Å². The molecule has 0 fully saturated rings. The number of benzene rings is 1. The van der Waals surface area contributed by atoms with Crippen LogP contribution >= 0.6 is 0 Å². The van der Waals surface area contributed by atoms with E-state index in [1.54, 1.807) is 6.07 Å².